The van der Waals surface area contributed by atoms with Crippen LogP contribution in [0.1, 0.15) is 18.9 Å². The molecule has 1 atom stereocenters. The summed E-state index contributed by atoms with van der Waals surface area (Å²) in [6, 6.07) is 5.60. The summed E-state index contributed by atoms with van der Waals surface area (Å²) in [6.45, 7) is 3.78. The number of benzene rings is 1. The molecule has 1 rings (SSSR count). The van der Waals surface area contributed by atoms with E-state index >= 15 is 0 Å². The molecule has 0 amide bonds. The van der Waals surface area contributed by atoms with Crippen LogP contribution in [-0.4, -0.2) is 36.7 Å². The molecular weight excluding hydrogens is 236 g/mol. The summed E-state index contributed by atoms with van der Waals surface area (Å²) in [6.07, 6.45) is 1.07. The zero-order chi connectivity index (χ0) is 12.8. The fraction of sp³-hybridized carbons (Fsp3) is 0.538. The molecule has 96 valence electrons. The lowest BCUT2D eigenvalue weighted by atomic mass is 10.1. The largest absolute Gasteiger partial charge is 0.508 e. The molecule has 3 nitrogen and oxygen atoms in total. The molecular formula is C13H21ClN2O. The van der Waals surface area contributed by atoms with Crippen LogP contribution in [0.3, 0.4) is 0 Å². The Morgan fingerprint density at radius 1 is 1.41 bits per heavy atom. The number of phenolic OH excluding ortho intramolecular Hbond substituents is 1. The molecule has 0 bridgehead atoms. The molecule has 0 aliphatic carbocycles. The van der Waals surface area contributed by atoms with E-state index < -0.39 is 0 Å². The fourth-order valence-electron chi connectivity index (χ4n) is 1.55. The smallest absolute Gasteiger partial charge is 0.121 e. The molecule has 0 fully saturated rings. The zero-order valence-electron chi connectivity index (χ0n) is 10.7. The second-order valence-corrected chi connectivity index (χ2v) is 5.02. The van der Waals surface area contributed by atoms with E-state index in [1.54, 1.807) is 18.2 Å². The van der Waals surface area contributed by atoms with E-state index in [1.807, 2.05) is 0 Å². The van der Waals surface area contributed by atoms with Gasteiger partial charge in [0.25, 0.3) is 0 Å². The SMILES string of the molecule is CC(CCN(C)C)NCc1c(O)cccc1Cl. The Kier molecular flexibility index (Phi) is 5.75. The first-order chi connectivity index (χ1) is 8.00. The summed E-state index contributed by atoms with van der Waals surface area (Å²) in [5, 5.41) is 13.7. The summed E-state index contributed by atoms with van der Waals surface area (Å²) in [4.78, 5) is 2.16. The van der Waals surface area contributed by atoms with Crippen LogP contribution in [0.4, 0.5) is 0 Å². The Bertz CT molecular complexity index is 335. The maximum atomic E-state index is 9.69. The quantitative estimate of drug-likeness (QED) is 0.821. The van der Waals surface area contributed by atoms with Gasteiger partial charge in [0.15, 0.2) is 0 Å². The molecule has 1 aromatic carbocycles. The highest BCUT2D eigenvalue weighted by Gasteiger charge is 2.08. The summed E-state index contributed by atoms with van der Waals surface area (Å²) in [5.74, 6) is 0.254. The number of halogens is 1. The lowest BCUT2D eigenvalue weighted by molar-refractivity contribution is 0.364. The minimum absolute atomic E-state index is 0.254. The zero-order valence-corrected chi connectivity index (χ0v) is 11.5. The van der Waals surface area contributed by atoms with Crippen LogP contribution in [0.2, 0.25) is 5.02 Å². The number of hydrogen-bond donors (Lipinski definition) is 2. The van der Waals surface area contributed by atoms with Crippen LogP contribution < -0.4 is 5.32 Å². The molecule has 0 spiro atoms. The molecule has 0 heterocycles. The number of nitrogens with one attached hydrogen (secondary N) is 1. The van der Waals surface area contributed by atoms with Gasteiger partial charge in [-0.05, 0) is 46.1 Å². The topological polar surface area (TPSA) is 35.5 Å². The third-order valence-electron chi connectivity index (χ3n) is 2.73. The average Bonchev–Trinajstić information content (AvgIpc) is 2.25. The molecule has 4 heteroatoms. The van der Waals surface area contributed by atoms with Crippen LogP contribution in [0.15, 0.2) is 18.2 Å². The van der Waals surface area contributed by atoms with Gasteiger partial charge in [-0.2, -0.15) is 0 Å². The van der Waals surface area contributed by atoms with E-state index in [9.17, 15) is 5.11 Å². The molecule has 2 N–H and O–H groups in total. The van der Waals surface area contributed by atoms with Gasteiger partial charge in [-0.1, -0.05) is 17.7 Å². The number of rotatable bonds is 6. The summed E-state index contributed by atoms with van der Waals surface area (Å²) in [7, 11) is 4.12. The van der Waals surface area contributed by atoms with E-state index in [0.717, 1.165) is 18.5 Å². The number of nitrogens with zero attached hydrogens (tertiary/aromatic N) is 1. The van der Waals surface area contributed by atoms with Gasteiger partial charge in [0.05, 0.1) is 0 Å². The second kappa shape index (κ2) is 6.84. The van der Waals surface area contributed by atoms with Crippen molar-refractivity contribution in [2.45, 2.75) is 25.9 Å². The lowest BCUT2D eigenvalue weighted by Gasteiger charge is -2.17. The third-order valence-corrected chi connectivity index (χ3v) is 3.08. The van der Waals surface area contributed by atoms with E-state index in [1.165, 1.54) is 0 Å². The van der Waals surface area contributed by atoms with Crippen LogP contribution in [-0.2, 0) is 6.54 Å². The Hall–Kier alpha value is -0.770. The van der Waals surface area contributed by atoms with Gasteiger partial charge < -0.3 is 15.3 Å². The summed E-state index contributed by atoms with van der Waals surface area (Å²) in [5.41, 5.74) is 0.769. The predicted octanol–water partition coefficient (Wildman–Crippen LogP) is 2.48. The molecule has 1 unspecified atom stereocenters. The highest BCUT2D eigenvalue weighted by atomic mass is 35.5. The Balaban J connectivity index is 2.44. The van der Waals surface area contributed by atoms with Crippen molar-refractivity contribution >= 4 is 11.6 Å². The van der Waals surface area contributed by atoms with Crippen LogP contribution >= 0.6 is 11.6 Å². The molecule has 17 heavy (non-hydrogen) atoms. The first-order valence-corrected chi connectivity index (χ1v) is 6.23. The summed E-state index contributed by atoms with van der Waals surface area (Å²) < 4.78 is 0. The number of aromatic hydroxyl groups is 1. The van der Waals surface area contributed by atoms with Crippen LogP contribution in [0, 0.1) is 0 Å². The van der Waals surface area contributed by atoms with Gasteiger partial charge in [-0.25, -0.2) is 0 Å². The van der Waals surface area contributed by atoms with Gasteiger partial charge in [-0.15, -0.1) is 0 Å². The Morgan fingerprint density at radius 3 is 2.71 bits per heavy atom. The second-order valence-electron chi connectivity index (χ2n) is 4.61. The molecule has 1 aromatic rings. The minimum Gasteiger partial charge on any atom is -0.508 e. The average molecular weight is 257 g/mol. The maximum absolute atomic E-state index is 9.69. The molecule has 0 radical (unpaired) electrons. The van der Waals surface area contributed by atoms with E-state index in [-0.39, 0.29) is 5.75 Å². The molecule has 0 aromatic heterocycles. The van der Waals surface area contributed by atoms with E-state index in [2.05, 4.69) is 31.2 Å². The Labute approximate surface area is 108 Å². The van der Waals surface area contributed by atoms with E-state index in [4.69, 9.17) is 11.6 Å². The lowest BCUT2D eigenvalue weighted by Crippen LogP contribution is -2.29. The highest BCUT2D eigenvalue weighted by molar-refractivity contribution is 6.31. The summed E-state index contributed by atoms with van der Waals surface area (Å²) >= 11 is 6.03. The van der Waals surface area contributed by atoms with Gasteiger partial charge >= 0.3 is 0 Å². The highest BCUT2D eigenvalue weighted by Crippen LogP contribution is 2.24. The van der Waals surface area contributed by atoms with Crippen molar-refractivity contribution in [1.82, 2.24) is 10.2 Å². The molecule has 0 aliphatic rings. The van der Waals surface area contributed by atoms with Crippen LogP contribution in [0.5, 0.6) is 5.75 Å². The van der Waals surface area contributed by atoms with Crippen LogP contribution in [0.25, 0.3) is 0 Å². The van der Waals surface area contributed by atoms with Gasteiger partial charge in [0.1, 0.15) is 5.75 Å². The standard InChI is InChI=1S/C13H21ClN2O/c1-10(7-8-16(2)3)15-9-11-12(14)5-4-6-13(11)17/h4-6,10,15,17H,7-9H2,1-3H3. The van der Waals surface area contributed by atoms with E-state index in [0.29, 0.717) is 17.6 Å². The first-order valence-electron chi connectivity index (χ1n) is 5.85. The van der Waals surface area contributed by atoms with Crippen molar-refractivity contribution < 1.29 is 5.11 Å². The molecule has 0 aliphatic heterocycles. The third kappa shape index (κ3) is 4.94. The van der Waals surface area contributed by atoms with Crippen molar-refractivity contribution in [3.05, 3.63) is 28.8 Å². The van der Waals surface area contributed by atoms with Gasteiger partial charge in [-0.3, -0.25) is 0 Å². The predicted molar refractivity (Wildman–Crippen MR) is 72.6 cm³/mol. The fourth-order valence-corrected chi connectivity index (χ4v) is 1.79. The van der Waals surface area contributed by atoms with Crippen molar-refractivity contribution in [2.75, 3.05) is 20.6 Å². The van der Waals surface area contributed by atoms with Crippen molar-refractivity contribution in [3.63, 3.8) is 0 Å². The van der Waals surface area contributed by atoms with Crippen molar-refractivity contribution in [2.24, 2.45) is 0 Å². The van der Waals surface area contributed by atoms with Crippen molar-refractivity contribution in [1.29, 1.82) is 0 Å². The minimum atomic E-state index is 0.254. The van der Waals surface area contributed by atoms with Crippen molar-refractivity contribution in [3.8, 4) is 5.75 Å². The van der Waals surface area contributed by atoms with Gasteiger partial charge in [0, 0.05) is 23.2 Å². The Morgan fingerprint density at radius 2 is 2.12 bits per heavy atom. The normalized spacial score (nSPS) is 13.0. The molecule has 0 saturated carbocycles. The number of phenols is 1. The maximum Gasteiger partial charge on any atom is 0.121 e. The van der Waals surface area contributed by atoms with Gasteiger partial charge in [0.2, 0.25) is 0 Å². The first kappa shape index (κ1) is 14.3. The number of hydrogen-bond acceptors (Lipinski definition) is 3. The molecule has 0 saturated heterocycles. The monoisotopic (exact) mass is 256 g/mol.